The lowest BCUT2D eigenvalue weighted by Crippen LogP contribution is -2.24. The van der Waals surface area contributed by atoms with Crippen molar-refractivity contribution in [3.05, 3.63) is 0 Å². The number of hydrogen-bond acceptors (Lipinski definition) is 2. The number of nitrogens with zero attached hydrogens (tertiary/aromatic N) is 1. The van der Waals surface area contributed by atoms with Crippen LogP contribution in [0.4, 0.5) is 13.2 Å². The molecular weight excluding hydrogens is 211 g/mol. The molecular formula is C9H12F3NS. The molecule has 0 N–H and O–H groups in total. The minimum atomic E-state index is -4.36. The van der Waals surface area contributed by atoms with Crippen LogP contribution in [0.5, 0.6) is 0 Å². The largest absolute Gasteiger partial charge is 0.405 e. The zero-order valence-electron chi connectivity index (χ0n) is 7.68. The van der Waals surface area contributed by atoms with Gasteiger partial charge in [0.1, 0.15) is 0 Å². The van der Waals surface area contributed by atoms with Crippen molar-refractivity contribution in [3.63, 3.8) is 0 Å². The molecule has 1 atom stereocenters. The summed E-state index contributed by atoms with van der Waals surface area (Å²) < 4.78 is 36.5. The maximum atomic E-state index is 12.2. The fraction of sp³-hybridized carbons (Fsp3) is 0.889. The molecule has 80 valence electrons. The molecule has 1 rings (SSSR count). The Kier molecular flexibility index (Phi) is 4.11. The number of halogens is 3. The summed E-state index contributed by atoms with van der Waals surface area (Å²) in [5.41, 5.74) is 0. The molecule has 0 aromatic carbocycles. The summed E-state index contributed by atoms with van der Waals surface area (Å²) in [4.78, 5) is 0. The number of hydrogen-bond donors (Lipinski definition) is 0. The van der Waals surface area contributed by atoms with E-state index in [0.29, 0.717) is 5.25 Å². The van der Waals surface area contributed by atoms with Crippen molar-refractivity contribution >= 4 is 11.8 Å². The van der Waals surface area contributed by atoms with Gasteiger partial charge in [-0.3, -0.25) is 0 Å². The fourth-order valence-corrected chi connectivity index (χ4v) is 2.89. The third kappa shape index (κ3) is 3.41. The smallest absolute Gasteiger partial charge is 0.198 e. The fourth-order valence-electron chi connectivity index (χ4n) is 1.49. The summed E-state index contributed by atoms with van der Waals surface area (Å²) in [5.74, 6) is -1.90. The highest BCUT2D eigenvalue weighted by Gasteiger charge is 2.40. The van der Waals surface area contributed by atoms with Gasteiger partial charge in [-0.05, 0) is 12.8 Å². The first-order valence-corrected chi connectivity index (χ1v) is 5.67. The van der Waals surface area contributed by atoms with Crippen LogP contribution in [0.15, 0.2) is 0 Å². The monoisotopic (exact) mass is 223 g/mol. The topological polar surface area (TPSA) is 23.8 Å². The summed E-state index contributed by atoms with van der Waals surface area (Å²) in [5, 5.41) is 8.69. The van der Waals surface area contributed by atoms with Crippen molar-refractivity contribution in [2.75, 3.05) is 5.75 Å². The molecule has 0 saturated heterocycles. The quantitative estimate of drug-likeness (QED) is 0.732. The SMILES string of the molecule is N#CC(CSC1CCCC1)C(F)(F)F. The zero-order chi connectivity index (χ0) is 10.6. The highest BCUT2D eigenvalue weighted by molar-refractivity contribution is 7.99. The van der Waals surface area contributed by atoms with E-state index in [9.17, 15) is 13.2 Å². The van der Waals surface area contributed by atoms with Crippen molar-refractivity contribution in [2.45, 2.75) is 37.1 Å². The van der Waals surface area contributed by atoms with Crippen molar-refractivity contribution in [2.24, 2.45) is 5.92 Å². The normalized spacial score (nSPS) is 20.7. The van der Waals surface area contributed by atoms with E-state index in [4.69, 9.17) is 5.26 Å². The predicted molar refractivity (Wildman–Crippen MR) is 49.9 cm³/mol. The molecule has 0 aromatic heterocycles. The van der Waals surface area contributed by atoms with E-state index >= 15 is 0 Å². The number of thioether (sulfide) groups is 1. The summed E-state index contributed by atoms with van der Waals surface area (Å²) >= 11 is 1.30. The van der Waals surface area contributed by atoms with E-state index in [-0.39, 0.29) is 5.75 Å². The molecule has 1 unspecified atom stereocenters. The Morgan fingerprint density at radius 1 is 1.36 bits per heavy atom. The average Bonchev–Trinajstić information content (AvgIpc) is 2.55. The van der Waals surface area contributed by atoms with Gasteiger partial charge in [-0.2, -0.15) is 30.2 Å². The third-order valence-corrected chi connectivity index (χ3v) is 3.82. The van der Waals surface area contributed by atoms with Crippen LogP contribution in [0.25, 0.3) is 0 Å². The highest BCUT2D eigenvalue weighted by Crippen LogP contribution is 2.34. The summed E-state index contributed by atoms with van der Waals surface area (Å²) in [6.07, 6.45) is -0.135. The summed E-state index contributed by atoms with van der Waals surface area (Å²) in [7, 11) is 0. The van der Waals surface area contributed by atoms with Gasteiger partial charge in [-0.15, -0.1) is 0 Å². The van der Waals surface area contributed by atoms with Crippen LogP contribution in [-0.2, 0) is 0 Å². The van der Waals surface area contributed by atoms with E-state index in [1.807, 2.05) is 0 Å². The van der Waals surface area contributed by atoms with Crippen LogP contribution in [0.3, 0.4) is 0 Å². The van der Waals surface area contributed by atoms with E-state index in [2.05, 4.69) is 0 Å². The Labute approximate surface area is 85.7 Å². The van der Waals surface area contributed by atoms with E-state index in [1.54, 1.807) is 0 Å². The molecule has 0 bridgehead atoms. The van der Waals surface area contributed by atoms with E-state index < -0.39 is 12.1 Å². The van der Waals surface area contributed by atoms with Gasteiger partial charge in [0.05, 0.1) is 6.07 Å². The highest BCUT2D eigenvalue weighted by atomic mass is 32.2. The molecule has 1 aliphatic rings. The zero-order valence-corrected chi connectivity index (χ0v) is 8.50. The Morgan fingerprint density at radius 2 is 1.93 bits per heavy atom. The van der Waals surface area contributed by atoms with Crippen LogP contribution < -0.4 is 0 Å². The molecule has 0 aliphatic heterocycles. The molecule has 0 spiro atoms. The average molecular weight is 223 g/mol. The van der Waals surface area contributed by atoms with Crippen LogP contribution in [-0.4, -0.2) is 17.2 Å². The van der Waals surface area contributed by atoms with Crippen molar-refractivity contribution in [1.82, 2.24) is 0 Å². The molecule has 0 amide bonds. The Morgan fingerprint density at radius 3 is 2.36 bits per heavy atom. The first kappa shape index (κ1) is 11.7. The Bertz CT molecular complexity index is 215. The standard InChI is InChI=1S/C9H12F3NS/c10-9(11,12)7(5-13)6-14-8-3-1-2-4-8/h7-8H,1-4,6H2. The van der Waals surface area contributed by atoms with Gasteiger partial charge >= 0.3 is 6.18 Å². The van der Waals surface area contributed by atoms with Gasteiger partial charge in [-0.1, -0.05) is 12.8 Å². The van der Waals surface area contributed by atoms with Crippen LogP contribution >= 0.6 is 11.8 Å². The number of nitriles is 1. The minimum absolute atomic E-state index is 0.106. The molecule has 1 aliphatic carbocycles. The maximum absolute atomic E-state index is 12.2. The Balaban J connectivity index is 2.31. The van der Waals surface area contributed by atoms with E-state index in [1.165, 1.54) is 17.8 Å². The first-order valence-electron chi connectivity index (χ1n) is 4.62. The lowest BCUT2D eigenvalue weighted by atomic mass is 10.2. The molecule has 5 heteroatoms. The van der Waals surface area contributed by atoms with Crippen molar-refractivity contribution < 1.29 is 13.2 Å². The third-order valence-electron chi connectivity index (χ3n) is 2.35. The van der Waals surface area contributed by atoms with E-state index in [0.717, 1.165) is 25.7 Å². The second-order valence-electron chi connectivity index (χ2n) is 3.46. The first-order chi connectivity index (χ1) is 6.54. The molecule has 14 heavy (non-hydrogen) atoms. The maximum Gasteiger partial charge on any atom is 0.405 e. The molecule has 0 radical (unpaired) electrons. The molecule has 0 heterocycles. The number of alkyl halides is 3. The predicted octanol–water partition coefficient (Wildman–Crippen LogP) is 3.36. The van der Waals surface area contributed by atoms with Crippen LogP contribution in [0.1, 0.15) is 25.7 Å². The van der Waals surface area contributed by atoms with Gasteiger partial charge < -0.3 is 0 Å². The van der Waals surface area contributed by atoms with Gasteiger partial charge in [-0.25, -0.2) is 0 Å². The Hall–Kier alpha value is -0.370. The van der Waals surface area contributed by atoms with Crippen molar-refractivity contribution in [3.8, 4) is 6.07 Å². The lowest BCUT2D eigenvalue weighted by molar-refractivity contribution is -0.152. The van der Waals surface area contributed by atoms with Gasteiger partial charge in [0.15, 0.2) is 5.92 Å². The second-order valence-corrected chi connectivity index (χ2v) is 4.80. The van der Waals surface area contributed by atoms with Gasteiger partial charge in [0.25, 0.3) is 0 Å². The van der Waals surface area contributed by atoms with Crippen molar-refractivity contribution in [1.29, 1.82) is 5.26 Å². The molecule has 0 aromatic rings. The molecule has 1 nitrogen and oxygen atoms in total. The minimum Gasteiger partial charge on any atom is -0.198 e. The second kappa shape index (κ2) is 4.92. The van der Waals surface area contributed by atoms with Gasteiger partial charge in [0, 0.05) is 11.0 Å². The van der Waals surface area contributed by atoms with Crippen LogP contribution in [0, 0.1) is 17.2 Å². The number of rotatable bonds is 3. The van der Waals surface area contributed by atoms with Crippen LogP contribution in [0.2, 0.25) is 0 Å². The lowest BCUT2D eigenvalue weighted by Gasteiger charge is -2.15. The molecule has 1 fully saturated rings. The molecule has 1 saturated carbocycles. The summed E-state index contributed by atoms with van der Waals surface area (Å²) in [6.45, 7) is 0. The van der Waals surface area contributed by atoms with Gasteiger partial charge in [0.2, 0.25) is 0 Å². The summed E-state index contributed by atoms with van der Waals surface area (Å²) in [6, 6.07) is 1.32.